The molecule has 0 unspecified atom stereocenters. The molecule has 25 heavy (non-hydrogen) atoms. The molecule has 5 nitrogen and oxygen atoms in total. The van der Waals surface area contributed by atoms with Crippen LogP contribution in [0, 0.1) is 11.8 Å². The van der Waals surface area contributed by atoms with Crippen LogP contribution in [0.2, 0.25) is 0 Å². The second-order valence-electron chi connectivity index (χ2n) is 6.16. The fourth-order valence-electron chi connectivity index (χ4n) is 2.89. The zero-order valence-corrected chi connectivity index (χ0v) is 13.7. The van der Waals surface area contributed by atoms with Crippen LogP contribution in [-0.4, -0.2) is 36.4 Å². The van der Waals surface area contributed by atoms with E-state index in [1.54, 1.807) is 48.5 Å². The maximum atomic E-state index is 12.0. The molecule has 3 rings (SSSR count). The number of hydrogen-bond acceptors (Lipinski definition) is 5. The van der Waals surface area contributed by atoms with Gasteiger partial charge in [0, 0.05) is 11.8 Å². The van der Waals surface area contributed by atoms with Crippen molar-refractivity contribution in [1.82, 2.24) is 0 Å². The van der Waals surface area contributed by atoms with E-state index in [9.17, 15) is 14.7 Å². The number of benzene rings is 2. The molecule has 0 aromatic heterocycles. The lowest BCUT2D eigenvalue weighted by Crippen LogP contribution is -2.46. The third-order valence-corrected chi connectivity index (χ3v) is 4.50. The van der Waals surface area contributed by atoms with Gasteiger partial charge in [-0.1, -0.05) is 36.4 Å². The first-order valence-electron chi connectivity index (χ1n) is 8.27. The van der Waals surface area contributed by atoms with Gasteiger partial charge in [-0.2, -0.15) is 0 Å². The SMILES string of the molecule is O=C(OC[C@@H]1C[C@@H](O)[C@@H]1COC(=O)c1ccccc1)c1ccccc1. The molecule has 2 aromatic rings. The Bertz CT molecular complexity index is 713. The second kappa shape index (κ2) is 7.94. The van der Waals surface area contributed by atoms with Crippen LogP contribution < -0.4 is 0 Å². The molecule has 5 heteroatoms. The van der Waals surface area contributed by atoms with E-state index in [-0.39, 0.29) is 31.0 Å². The van der Waals surface area contributed by atoms with Crippen molar-refractivity contribution in [1.29, 1.82) is 0 Å². The summed E-state index contributed by atoms with van der Waals surface area (Å²) in [5.74, 6) is -1.02. The third kappa shape index (κ3) is 4.25. The van der Waals surface area contributed by atoms with E-state index in [0.717, 1.165) is 0 Å². The van der Waals surface area contributed by atoms with E-state index in [0.29, 0.717) is 17.5 Å². The molecule has 0 spiro atoms. The van der Waals surface area contributed by atoms with Crippen LogP contribution in [0.1, 0.15) is 27.1 Å². The lowest BCUT2D eigenvalue weighted by molar-refractivity contribution is -0.0852. The highest BCUT2D eigenvalue weighted by molar-refractivity contribution is 5.89. The zero-order valence-electron chi connectivity index (χ0n) is 13.7. The number of hydrogen-bond donors (Lipinski definition) is 1. The quantitative estimate of drug-likeness (QED) is 0.819. The number of aliphatic hydroxyl groups is 1. The van der Waals surface area contributed by atoms with Crippen molar-refractivity contribution >= 4 is 11.9 Å². The number of esters is 2. The number of ether oxygens (including phenoxy) is 2. The van der Waals surface area contributed by atoms with Crippen LogP contribution in [-0.2, 0) is 9.47 Å². The second-order valence-corrected chi connectivity index (χ2v) is 6.16. The van der Waals surface area contributed by atoms with Gasteiger partial charge in [0.1, 0.15) is 0 Å². The van der Waals surface area contributed by atoms with Gasteiger partial charge in [0.05, 0.1) is 30.4 Å². The summed E-state index contributed by atoms with van der Waals surface area (Å²) >= 11 is 0. The topological polar surface area (TPSA) is 72.8 Å². The average molecular weight is 340 g/mol. The third-order valence-electron chi connectivity index (χ3n) is 4.50. The molecule has 1 aliphatic rings. The van der Waals surface area contributed by atoms with E-state index in [2.05, 4.69) is 0 Å². The summed E-state index contributed by atoms with van der Waals surface area (Å²) in [5.41, 5.74) is 0.970. The number of carbonyl (C=O) groups excluding carboxylic acids is 2. The number of aliphatic hydroxyl groups excluding tert-OH is 1. The van der Waals surface area contributed by atoms with E-state index < -0.39 is 12.1 Å². The van der Waals surface area contributed by atoms with Crippen LogP contribution in [0.25, 0.3) is 0 Å². The lowest BCUT2D eigenvalue weighted by atomic mass is 9.72. The first-order chi connectivity index (χ1) is 12.1. The summed E-state index contributed by atoms with van der Waals surface area (Å²) in [5, 5.41) is 9.91. The van der Waals surface area contributed by atoms with Crippen molar-refractivity contribution in [2.24, 2.45) is 11.8 Å². The summed E-state index contributed by atoms with van der Waals surface area (Å²) in [7, 11) is 0. The van der Waals surface area contributed by atoms with Crippen molar-refractivity contribution in [2.75, 3.05) is 13.2 Å². The first kappa shape index (κ1) is 17.2. The Kier molecular flexibility index (Phi) is 5.46. The Balaban J connectivity index is 1.47. The highest BCUT2D eigenvalue weighted by atomic mass is 16.5. The van der Waals surface area contributed by atoms with Gasteiger partial charge >= 0.3 is 11.9 Å². The maximum Gasteiger partial charge on any atom is 0.338 e. The predicted molar refractivity (Wildman–Crippen MR) is 91.1 cm³/mol. The molecule has 0 radical (unpaired) electrons. The fraction of sp³-hybridized carbons (Fsp3) is 0.300. The minimum atomic E-state index is -0.538. The van der Waals surface area contributed by atoms with E-state index in [4.69, 9.17) is 9.47 Å². The molecule has 130 valence electrons. The summed E-state index contributed by atoms with van der Waals surface area (Å²) in [6.45, 7) is 0.320. The summed E-state index contributed by atoms with van der Waals surface area (Å²) < 4.78 is 10.6. The molecular formula is C20H20O5. The molecule has 0 saturated heterocycles. The van der Waals surface area contributed by atoms with Gasteiger partial charge in [0.15, 0.2) is 0 Å². The van der Waals surface area contributed by atoms with Crippen LogP contribution >= 0.6 is 0 Å². The lowest BCUT2D eigenvalue weighted by Gasteiger charge is -2.40. The van der Waals surface area contributed by atoms with E-state index in [1.807, 2.05) is 12.1 Å². The van der Waals surface area contributed by atoms with Crippen molar-refractivity contribution in [2.45, 2.75) is 12.5 Å². The molecule has 1 N–H and O–H groups in total. The monoisotopic (exact) mass is 340 g/mol. The Labute approximate surface area is 146 Å². The molecule has 0 heterocycles. The predicted octanol–water partition coefficient (Wildman–Crippen LogP) is 2.70. The maximum absolute atomic E-state index is 12.0. The van der Waals surface area contributed by atoms with Crippen LogP contribution in [0.3, 0.4) is 0 Å². The summed E-state index contributed by atoms with van der Waals surface area (Å²) in [6.07, 6.45) is -0.000637. The molecule has 1 saturated carbocycles. The zero-order chi connectivity index (χ0) is 17.6. The van der Waals surface area contributed by atoms with Gasteiger partial charge in [-0.05, 0) is 30.7 Å². The van der Waals surface area contributed by atoms with Crippen LogP contribution in [0.15, 0.2) is 60.7 Å². The molecule has 0 bridgehead atoms. The average Bonchev–Trinajstić information content (AvgIpc) is 2.66. The highest BCUT2D eigenvalue weighted by Gasteiger charge is 2.41. The molecule has 1 aliphatic carbocycles. The number of carbonyl (C=O) groups is 2. The van der Waals surface area contributed by atoms with Gasteiger partial charge in [0.2, 0.25) is 0 Å². The molecule has 0 amide bonds. The molecule has 2 aromatic carbocycles. The Hall–Kier alpha value is -2.66. The molecule has 3 atom stereocenters. The molecular weight excluding hydrogens is 320 g/mol. The molecule has 0 aliphatic heterocycles. The first-order valence-corrected chi connectivity index (χ1v) is 8.27. The van der Waals surface area contributed by atoms with Gasteiger partial charge in [-0.3, -0.25) is 0 Å². The Morgan fingerprint density at radius 3 is 1.80 bits per heavy atom. The Morgan fingerprint density at radius 1 is 0.840 bits per heavy atom. The van der Waals surface area contributed by atoms with Crippen molar-refractivity contribution in [3.05, 3.63) is 71.8 Å². The summed E-state index contributed by atoms with van der Waals surface area (Å²) in [6, 6.07) is 17.5. The van der Waals surface area contributed by atoms with Crippen LogP contribution in [0.5, 0.6) is 0 Å². The normalized spacial score (nSPS) is 21.9. The molecule has 1 fully saturated rings. The Morgan fingerprint density at radius 2 is 1.32 bits per heavy atom. The van der Waals surface area contributed by atoms with Crippen molar-refractivity contribution in [3.63, 3.8) is 0 Å². The van der Waals surface area contributed by atoms with Crippen molar-refractivity contribution in [3.8, 4) is 0 Å². The smallest absolute Gasteiger partial charge is 0.338 e. The summed E-state index contributed by atoms with van der Waals surface area (Å²) in [4.78, 5) is 23.9. The number of rotatable bonds is 6. The van der Waals surface area contributed by atoms with Crippen LogP contribution in [0.4, 0.5) is 0 Å². The largest absolute Gasteiger partial charge is 0.462 e. The van der Waals surface area contributed by atoms with E-state index >= 15 is 0 Å². The highest BCUT2D eigenvalue weighted by Crippen LogP contribution is 2.35. The minimum Gasteiger partial charge on any atom is -0.462 e. The minimum absolute atomic E-state index is 0.00812. The van der Waals surface area contributed by atoms with Gasteiger partial charge in [-0.15, -0.1) is 0 Å². The fourth-order valence-corrected chi connectivity index (χ4v) is 2.89. The van der Waals surface area contributed by atoms with E-state index in [1.165, 1.54) is 0 Å². The van der Waals surface area contributed by atoms with Gasteiger partial charge in [0.25, 0.3) is 0 Å². The van der Waals surface area contributed by atoms with Gasteiger partial charge < -0.3 is 14.6 Å². The standard InChI is InChI=1S/C20H20O5/c21-18-11-16(12-24-19(22)14-7-3-1-4-8-14)17(18)13-25-20(23)15-9-5-2-6-10-15/h1-10,16-18,21H,11-13H2/t16-,17+,18+/m0/s1. The van der Waals surface area contributed by atoms with Crippen molar-refractivity contribution < 1.29 is 24.2 Å². The van der Waals surface area contributed by atoms with Gasteiger partial charge in [-0.25, -0.2) is 9.59 Å².